The Morgan fingerprint density at radius 1 is 1.18 bits per heavy atom. The summed E-state index contributed by atoms with van der Waals surface area (Å²) >= 11 is 0. The van der Waals surface area contributed by atoms with Crippen molar-refractivity contribution in [3.8, 4) is 0 Å². The van der Waals surface area contributed by atoms with E-state index in [9.17, 15) is 4.79 Å². The van der Waals surface area contributed by atoms with E-state index in [2.05, 4.69) is 49.9 Å². The van der Waals surface area contributed by atoms with Gasteiger partial charge in [0.05, 0.1) is 18.8 Å². The fourth-order valence-electron chi connectivity index (χ4n) is 4.17. The van der Waals surface area contributed by atoms with E-state index < -0.39 is 0 Å². The third kappa shape index (κ3) is 4.83. The normalized spacial score (nSPS) is 21.6. The highest BCUT2D eigenvalue weighted by molar-refractivity contribution is 5.84. The van der Waals surface area contributed by atoms with Crippen LogP contribution in [-0.4, -0.2) is 61.1 Å². The lowest BCUT2D eigenvalue weighted by Crippen LogP contribution is -2.59. The predicted molar refractivity (Wildman–Crippen MR) is 110 cm³/mol. The molecule has 0 bridgehead atoms. The van der Waals surface area contributed by atoms with Crippen LogP contribution < -0.4 is 0 Å². The summed E-state index contributed by atoms with van der Waals surface area (Å²) < 4.78 is 10.8. The number of aryl methyl sites for hydroxylation is 1. The van der Waals surface area contributed by atoms with E-state index in [1.807, 2.05) is 17.0 Å². The van der Waals surface area contributed by atoms with Crippen molar-refractivity contribution in [3.63, 3.8) is 0 Å². The molecule has 3 rings (SSSR count). The molecule has 1 aromatic carbocycles. The van der Waals surface area contributed by atoms with E-state index >= 15 is 0 Å². The molecule has 0 aliphatic carbocycles. The van der Waals surface area contributed by atoms with Gasteiger partial charge in [0.15, 0.2) is 0 Å². The van der Waals surface area contributed by atoms with Crippen LogP contribution in [0.1, 0.15) is 36.7 Å². The van der Waals surface area contributed by atoms with E-state index in [-0.39, 0.29) is 11.8 Å². The number of piperazine rings is 1. The average Bonchev–Trinajstić information content (AvgIpc) is 3.19. The fourth-order valence-corrected chi connectivity index (χ4v) is 4.17. The van der Waals surface area contributed by atoms with Crippen molar-refractivity contribution in [1.82, 2.24) is 9.80 Å². The summed E-state index contributed by atoms with van der Waals surface area (Å²) in [5.74, 6) is 0.806. The van der Waals surface area contributed by atoms with Crippen molar-refractivity contribution in [2.75, 3.05) is 33.4 Å². The third-order valence-electron chi connectivity index (χ3n) is 5.73. The van der Waals surface area contributed by atoms with Gasteiger partial charge in [-0.2, -0.15) is 0 Å². The van der Waals surface area contributed by atoms with Crippen molar-refractivity contribution < 1.29 is 13.9 Å². The molecule has 1 aromatic heterocycles. The minimum absolute atomic E-state index is 0.186. The minimum atomic E-state index is -0.225. The molecule has 5 heteroatoms. The summed E-state index contributed by atoms with van der Waals surface area (Å²) in [6, 6.07) is 12.7. The molecule has 1 amide bonds. The average molecular weight is 385 g/mol. The molecule has 3 atom stereocenters. The molecule has 3 unspecified atom stereocenters. The van der Waals surface area contributed by atoms with Crippen LogP contribution in [0.25, 0.3) is 0 Å². The second-order valence-corrected chi connectivity index (χ2v) is 7.92. The lowest BCUT2D eigenvalue weighted by Gasteiger charge is -2.45. The predicted octanol–water partition coefficient (Wildman–Crippen LogP) is 3.48. The van der Waals surface area contributed by atoms with E-state index in [1.165, 1.54) is 5.56 Å². The molecule has 0 radical (unpaired) electrons. The molecule has 1 aliphatic rings. The Balaban J connectivity index is 1.78. The first-order chi connectivity index (χ1) is 13.5. The lowest BCUT2D eigenvalue weighted by molar-refractivity contribution is -0.137. The fraction of sp³-hybridized carbons (Fsp3) is 0.522. The molecule has 2 aromatic rings. The standard InChI is InChI=1S/C23H32N2O3/c1-17-7-9-20(10-8-17)22(14-21-6-5-12-28-21)23(26)24-15-18(2)25(11-13-27-4)19(3)16-24/h5-10,12,18-19,22H,11,13-16H2,1-4H3. The molecule has 2 heterocycles. The summed E-state index contributed by atoms with van der Waals surface area (Å²) in [4.78, 5) is 18.0. The third-order valence-corrected chi connectivity index (χ3v) is 5.73. The van der Waals surface area contributed by atoms with Crippen molar-refractivity contribution in [2.24, 2.45) is 0 Å². The van der Waals surface area contributed by atoms with Crippen molar-refractivity contribution in [2.45, 2.75) is 45.2 Å². The Bertz CT molecular complexity index is 730. The summed E-state index contributed by atoms with van der Waals surface area (Å²) in [6.07, 6.45) is 2.26. The number of carbonyl (C=O) groups excluding carboxylic acids is 1. The smallest absolute Gasteiger partial charge is 0.230 e. The Labute approximate surface area is 168 Å². The number of carbonyl (C=O) groups is 1. The number of rotatable bonds is 7. The minimum Gasteiger partial charge on any atom is -0.469 e. The second kappa shape index (κ2) is 9.39. The zero-order valence-electron chi connectivity index (χ0n) is 17.4. The highest BCUT2D eigenvalue weighted by Gasteiger charge is 2.35. The van der Waals surface area contributed by atoms with Crippen LogP contribution in [0.5, 0.6) is 0 Å². The van der Waals surface area contributed by atoms with E-state index in [0.717, 1.165) is 31.0 Å². The molecular formula is C23H32N2O3. The maximum atomic E-state index is 13.6. The van der Waals surface area contributed by atoms with Crippen molar-refractivity contribution in [1.29, 1.82) is 0 Å². The molecular weight excluding hydrogens is 352 g/mol. The Morgan fingerprint density at radius 3 is 2.43 bits per heavy atom. The summed E-state index contributed by atoms with van der Waals surface area (Å²) in [7, 11) is 1.73. The molecule has 0 N–H and O–H groups in total. The first-order valence-corrected chi connectivity index (χ1v) is 10.1. The number of hydrogen-bond donors (Lipinski definition) is 0. The number of hydrogen-bond acceptors (Lipinski definition) is 4. The second-order valence-electron chi connectivity index (χ2n) is 7.92. The SMILES string of the molecule is COCCN1C(C)CN(C(=O)C(Cc2ccco2)c2ccc(C)cc2)CC1C. The zero-order valence-corrected chi connectivity index (χ0v) is 17.4. The van der Waals surface area contributed by atoms with Crippen LogP contribution in [0.4, 0.5) is 0 Å². The van der Waals surface area contributed by atoms with Crippen LogP contribution in [0.15, 0.2) is 47.1 Å². The van der Waals surface area contributed by atoms with Gasteiger partial charge in [0.1, 0.15) is 5.76 Å². The first-order valence-electron chi connectivity index (χ1n) is 10.1. The molecule has 0 saturated carbocycles. The highest BCUT2D eigenvalue weighted by Crippen LogP contribution is 2.27. The largest absolute Gasteiger partial charge is 0.469 e. The topological polar surface area (TPSA) is 45.9 Å². The molecule has 152 valence electrons. The van der Waals surface area contributed by atoms with Crippen molar-refractivity contribution >= 4 is 5.91 Å². The van der Waals surface area contributed by atoms with Gasteiger partial charge >= 0.3 is 0 Å². The van der Waals surface area contributed by atoms with Crippen molar-refractivity contribution in [3.05, 3.63) is 59.5 Å². The summed E-state index contributed by atoms with van der Waals surface area (Å²) in [6.45, 7) is 9.55. The number of ether oxygens (including phenoxy) is 1. The van der Waals surface area contributed by atoms with Gasteiger partial charge in [-0.05, 0) is 38.5 Å². The number of furan rings is 1. The van der Waals surface area contributed by atoms with Gasteiger partial charge in [-0.15, -0.1) is 0 Å². The molecule has 0 spiro atoms. The lowest BCUT2D eigenvalue weighted by atomic mass is 9.91. The van der Waals surface area contributed by atoms with Gasteiger partial charge in [0.25, 0.3) is 0 Å². The van der Waals surface area contributed by atoms with Crippen LogP contribution in [0.3, 0.4) is 0 Å². The first kappa shape index (κ1) is 20.6. The van der Waals surface area contributed by atoms with Gasteiger partial charge in [0, 0.05) is 45.2 Å². The number of methoxy groups -OCH3 is 1. The van der Waals surface area contributed by atoms with Gasteiger partial charge < -0.3 is 14.1 Å². The Hall–Kier alpha value is -2.11. The summed E-state index contributed by atoms with van der Waals surface area (Å²) in [5, 5.41) is 0. The molecule has 1 saturated heterocycles. The number of amides is 1. The van der Waals surface area contributed by atoms with Crippen LogP contribution in [-0.2, 0) is 16.0 Å². The van der Waals surface area contributed by atoms with Gasteiger partial charge in [0.2, 0.25) is 5.91 Å². The van der Waals surface area contributed by atoms with Crippen LogP contribution in [0.2, 0.25) is 0 Å². The van der Waals surface area contributed by atoms with Gasteiger partial charge in [-0.25, -0.2) is 0 Å². The van der Waals surface area contributed by atoms with E-state index in [1.54, 1.807) is 13.4 Å². The molecule has 28 heavy (non-hydrogen) atoms. The zero-order chi connectivity index (χ0) is 20.1. The molecule has 1 aliphatic heterocycles. The highest BCUT2D eigenvalue weighted by atomic mass is 16.5. The van der Waals surface area contributed by atoms with E-state index in [4.69, 9.17) is 9.15 Å². The Morgan fingerprint density at radius 2 is 1.86 bits per heavy atom. The van der Waals surface area contributed by atoms with Gasteiger partial charge in [-0.1, -0.05) is 29.8 Å². The molecule has 1 fully saturated rings. The maximum absolute atomic E-state index is 13.6. The van der Waals surface area contributed by atoms with E-state index in [0.29, 0.717) is 25.1 Å². The van der Waals surface area contributed by atoms with Crippen LogP contribution in [0, 0.1) is 6.92 Å². The van der Waals surface area contributed by atoms with Crippen LogP contribution >= 0.6 is 0 Å². The summed E-state index contributed by atoms with van der Waals surface area (Å²) in [5.41, 5.74) is 2.25. The number of nitrogens with zero attached hydrogens (tertiary/aromatic N) is 2. The number of benzene rings is 1. The quantitative estimate of drug-likeness (QED) is 0.733. The van der Waals surface area contributed by atoms with Gasteiger partial charge in [-0.3, -0.25) is 9.69 Å². The Kier molecular flexibility index (Phi) is 6.92. The molecule has 5 nitrogen and oxygen atoms in total. The monoisotopic (exact) mass is 384 g/mol. The maximum Gasteiger partial charge on any atom is 0.230 e.